The summed E-state index contributed by atoms with van der Waals surface area (Å²) in [7, 11) is 0. The third kappa shape index (κ3) is 6.11. The molecule has 2 fully saturated rings. The van der Waals surface area contributed by atoms with E-state index in [1.165, 1.54) is 0 Å². The van der Waals surface area contributed by atoms with Crippen molar-refractivity contribution >= 4 is 70.6 Å². The second-order valence-electron chi connectivity index (χ2n) is 5.15. The Labute approximate surface area is 153 Å². The summed E-state index contributed by atoms with van der Waals surface area (Å²) < 4.78 is 1.27. The van der Waals surface area contributed by atoms with Gasteiger partial charge in [0.05, 0.1) is 22.4 Å². The fourth-order valence-electron chi connectivity index (χ4n) is 2.04. The first-order chi connectivity index (χ1) is 10.1. The summed E-state index contributed by atoms with van der Waals surface area (Å²) in [5, 5.41) is 21.7. The van der Waals surface area contributed by atoms with Gasteiger partial charge in [-0.3, -0.25) is 0 Å². The summed E-state index contributed by atoms with van der Waals surface area (Å²) in [5.74, 6) is 2.19. The van der Waals surface area contributed by atoms with Gasteiger partial charge in [-0.25, -0.2) is 0 Å². The first-order valence-electron chi connectivity index (χ1n) is 7.13. The summed E-state index contributed by atoms with van der Waals surface area (Å²) >= 11 is 12.0. The molecule has 0 spiro atoms. The lowest BCUT2D eigenvalue weighted by molar-refractivity contribution is 0.301. The Balaban J connectivity index is 1.60. The van der Waals surface area contributed by atoms with Gasteiger partial charge in [0.2, 0.25) is 0 Å². The Hall–Kier alpha value is 2.02. The molecule has 8 heteroatoms. The second kappa shape index (κ2) is 10.1. The van der Waals surface area contributed by atoms with E-state index in [0.29, 0.717) is 43.4 Å². The van der Waals surface area contributed by atoms with Gasteiger partial charge in [-0.15, -0.1) is 70.6 Å². The van der Waals surface area contributed by atoms with Gasteiger partial charge in [0.25, 0.3) is 0 Å². The minimum atomic E-state index is 0.319. The summed E-state index contributed by atoms with van der Waals surface area (Å²) in [6.07, 6.45) is 0. The van der Waals surface area contributed by atoms with Gasteiger partial charge in [0.15, 0.2) is 0 Å². The Morgan fingerprint density at radius 1 is 0.905 bits per heavy atom. The molecule has 2 N–H and O–H groups in total. The van der Waals surface area contributed by atoms with E-state index in [4.69, 9.17) is 0 Å². The van der Waals surface area contributed by atoms with Gasteiger partial charge in [0.1, 0.15) is 0 Å². The van der Waals surface area contributed by atoms with Crippen molar-refractivity contribution in [3.63, 3.8) is 0 Å². The van der Waals surface area contributed by atoms with Crippen molar-refractivity contribution in [3.8, 4) is 0 Å². The molecule has 2 aliphatic heterocycles. The minimum Gasteiger partial charge on any atom is -0.395 e. The SMILES string of the molecule is CC(SCSC(C)C1SCC(CO)S1)C1SCC(CO)S1. The lowest BCUT2D eigenvalue weighted by atomic mass is 10.5. The maximum Gasteiger partial charge on any atom is 0.0622 e. The molecule has 6 atom stereocenters. The quantitative estimate of drug-likeness (QED) is 0.596. The molecule has 21 heavy (non-hydrogen) atoms. The van der Waals surface area contributed by atoms with Crippen LogP contribution in [0, 0.1) is 0 Å². The molecule has 0 aromatic rings. The summed E-state index contributed by atoms with van der Waals surface area (Å²) in [4.78, 5) is 0. The van der Waals surface area contributed by atoms with Gasteiger partial charge in [-0.05, 0) is 0 Å². The van der Waals surface area contributed by atoms with Gasteiger partial charge < -0.3 is 10.2 Å². The van der Waals surface area contributed by atoms with E-state index in [2.05, 4.69) is 37.4 Å². The first-order valence-corrected chi connectivity index (χ1v) is 13.2. The van der Waals surface area contributed by atoms with Crippen LogP contribution in [0.3, 0.4) is 0 Å². The molecule has 2 heterocycles. The van der Waals surface area contributed by atoms with Crippen LogP contribution >= 0.6 is 70.6 Å². The topological polar surface area (TPSA) is 40.5 Å². The van der Waals surface area contributed by atoms with Gasteiger partial charge in [-0.1, -0.05) is 13.8 Å². The van der Waals surface area contributed by atoms with Crippen LogP contribution in [-0.2, 0) is 0 Å². The molecular formula is C13H24O2S6. The zero-order valence-electron chi connectivity index (χ0n) is 12.3. The van der Waals surface area contributed by atoms with Crippen molar-refractivity contribution < 1.29 is 10.2 Å². The molecule has 0 saturated carbocycles. The van der Waals surface area contributed by atoms with E-state index in [1.54, 1.807) is 0 Å². The molecule has 0 aliphatic carbocycles. The monoisotopic (exact) mass is 404 g/mol. The summed E-state index contributed by atoms with van der Waals surface area (Å²) in [5.41, 5.74) is 0. The molecule has 2 aliphatic rings. The van der Waals surface area contributed by atoms with Crippen LogP contribution in [0.25, 0.3) is 0 Å². The Bertz CT molecular complexity index is 280. The Morgan fingerprint density at radius 2 is 1.33 bits per heavy atom. The first kappa shape index (κ1) is 19.3. The normalized spacial score (nSPS) is 36.0. The van der Waals surface area contributed by atoms with Crippen LogP contribution < -0.4 is 0 Å². The maximum atomic E-state index is 9.21. The van der Waals surface area contributed by atoms with Gasteiger partial charge >= 0.3 is 0 Å². The summed E-state index contributed by atoms with van der Waals surface area (Å²) in [6, 6.07) is 0. The molecule has 0 aromatic carbocycles. The van der Waals surface area contributed by atoms with Gasteiger partial charge in [-0.2, -0.15) is 0 Å². The average Bonchev–Trinajstić information content (AvgIpc) is 3.15. The molecule has 2 saturated heterocycles. The predicted molar refractivity (Wildman–Crippen MR) is 108 cm³/mol. The molecule has 6 unspecified atom stereocenters. The molecule has 0 amide bonds. The number of hydrogen-bond donors (Lipinski definition) is 2. The number of aliphatic hydroxyl groups is 2. The average molecular weight is 405 g/mol. The molecule has 2 nitrogen and oxygen atoms in total. The number of aliphatic hydroxyl groups excluding tert-OH is 2. The highest BCUT2D eigenvalue weighted by molar-refractivity contribution is 8.24. The smallest absolute Gasteiger partial charge is 0.0622 e. The molecule has 0 bridgehead atoms. The third-order valence-corrected chi connectivity index (χ3v) is 14.1. The standard InChI is InChI=1S/C13H24O2S6/c1-8(12-16-5-10(3-14)20-12)18-7-19-9(2)13-17-6-11(4-15)21-13/h8-15H,3-7H2,1-2H3. The third-order valence-electron chi connectivity index (χ3n) is 3.38. The van der Waals surface area contributed by atoms with E-state index < -0.39 is 0 Å². The van der Waals surface area contributed by atoms with Gasteiger partial charge in [0, 0.05) is 37.6 Å². The molecular weight excluding hydrogens is 381 g/mol. The Kier molecular flexibility index (Phi) is 9.31. The zero-order chi connectivity index (χ0) is 15.2. The van der Waals surface area contributed by atoms with Crippen LogP contribution in [0.1, 0.15) is 13.8 Å². The van der Waals surface area contributed by atoms with Crippen LogP contribution in [0.5, 0.6) is 0 Å². The van der Waals surface area contributed by atoms with E-state index in [0.717, 1.165) is 16.6 Å². The van der Waals surface area contributed by atoms with E-state index >= 15 is 0 Å². The molecule has 0 aromatic heterocycles. The van der Waals surface area contributed by atoms with E-state index in [1.807, 2.05) is 47.0 Å². The zero-order valence-corrected chi connectivity index (χ0v) is 17.2. The minimum absolute atomic E-state index is 0.319. The van der Waals surface area contributed by atoms with Crippen molar-refractivity contribution in [1.29, 1.82) is 0 Å². The number of rotatable bonds is 8. The van der Waals surface area contributed by atoms with Crippen LogP contribution in [0.4, 0.5) is 0 Å². The van der Waals surface area contributed by atoms with E-state index in [-0.39, 0.29) is 0 Å². The molecule has 2 rings (SSSR count). The fraction of sp³-hybridized carbons (Fsp3) is 1.00. The van der Waals surface area contributed by atoms with Crippen molar-refractivity contribution in [2.45, 2.75) is 44.0 Å². The van der Waals surface area contributed by atoms with Crippen LogP contribution in [0.2, 0.25) is 0 Å². The lowest BCUT2D eigenvalue weighted by Crippen LogP contribution is -2.14. The fourth-order valence-corrected chi connectivity index (χ4v) is 12.3. The van der Waals surface area contributed by atoms with Crippen molar-refractivity contribution in [2.24, 2.45) is 0 Å². The maximum absolute atomic E-state index is 9.21. The van der Waals surface area contributed by atoms with Crippen molar-refractivity contribution in [2.75, 3.05) is 29.8 Å². The van der Waals surface area contributed by atoms with Crippen LogP contribution in [-0.4, -0.2) is 70.2 Å². The predicted octanol–water partition coefficient (Wildman–Crippen LogP) is 3.52. The number of thioether (sulfide) groups is 6. The highest BCUT2D eigenvalue weighted by Gasteiger charge is 2.31. The second-order valence-corrected chi connectivity index (χ2v) is 14.1. The number of hydrogen-bond acceptors (Lipinski definition) is 8. The van der Waals surface area contributed by atoms with Crippen molar-refractivity contribution in [1.82, 2.24) is 0 Å². The van der Waals surface area contributed by atoms with E-state index in [9.17, 15) is 10.2 Å². The van der Waals surface area contributed by atoms with Crippen molar-refractivity contribution in [3.05, 3.63) is 0 Å². The largest absolute Gasteiger partial charge is 0.395 e. The lowest BCUT2D eigenvalue weighted by Gasteiger charge is -2.21. The highest BCUT2D eigenvalue weighted by atomic mass is 32.2. The van der Waals surface area contributed by atoms with Crippen LogP contribution in [0.15, 0.2) is 0 Å². The summed E-state index contributed by atoms with van der Waals surface area (Å²) in [6.45, 7) is 5.28. The molecule has 124 valence electrons. The Morgan fingerprint density at radius 3 is 1.67 bits per heavy atom. The molecule has 0 radical (unpaired) electrons. The highest BCUT2D eigenvalue weighted by Crippen LogP contribution is 2.46.